The van der Waals surface area contributed by atoms with Gasteiger partial charge in [-0.25, -0.2) is 0 Å². The molecule has 0 atom stereocenters. The minimum absolute atomic E-state index is 1.32. The number of rotatable bonds is 0. The molecule has 0 amide bonds. The Kier molecular flexibility index (Phi) is 13.6. The molecular formula is C45H50. The Balaban J connectivity index is 0.000000175. The van der Waals surface area contributed by atoms with Gasteiger partial charge >= 0.3 is 0 Å². The van der Waals surface area contributed by atoms with E-state index in [1.807, 2.05) is 41.5 Å². The minimum atomic E-state index is 1.32. The number of benzene rings is 8. The van der Waals surface area contributed by atoms with Gasteiger partial charge in [-0.05, 0) is 85.8 Å². The van der Waals surface area contributed by atoms with E-state index >= 15 is 0 Å². The number of hydrogen-bond donors (Lipinski definition) is 0. The average Bonchev–Trinajstić information content (AvgIpc) is 3.11. The molecule has 0 bridgehead atoms. The second-order valence-corrected chi connectivity index (χ2v) is 10.4. The Labute approximate surface area is 271 Å². The Morgan fingerprint density at radius 2 is 0.756 bits per heavy atom. The summed E-state index contributed by atoms with van der Waals surface area (Å²) in [6.07, 6.45) is 0. The predicted molar refractivity (Wildman–Crippen MR) is 206 cm³/mol. The van der Waals surface area contributed by atoms with E-state index in [9.17, 15) is 0 Å². The first-order valence-corrected chi connectivity index (χ1v) is 16.6. The Morgan fingerprint density at radius 1 is 0.289 bits per heavy atom. The highest BCUT2D eigenvalue weighted by Gasteiger charge is 2.08. The van der Waals surface area contributed by atoms with E-state index < -0.39 is 0 Å². The maximum Gasteiger partial charge on any atom is -0.00241 e. The summed E-state index contributed by atoms with van der Waals surface area (Å²) >= 11 is 0. The van der Waals surface area contributed by atoms with Crippen LogP contribution in [0, 0.1) is 20.8 Å². The van der Waals surface area contributed by atoms with Crippen LogP contribution in [0.3, 0.4) is 0 Å². The van der Waals surface area contributed by atoms with Gasteiger partial charge in [0, 0.05) is 0 Å². The molecule has 0 aliphatic rings. The molecule has 0 saturated carbocycles. The summed E-state index contributed by atoms with van der Waals surface area (Å²) in [5, 5.41) is 13.6. The average molecular weight is 591 g/mol. The Morgan fingerprint density at radius 3 is 1.44 bits per heavy atom. The zero-order valence-electron chi connectivity index (χ0n) is 28.8. The predicted octanol–water partition coefficient (Wildman–Crippen LogP) is 14.3. The molecule has 0 aliphatic heterocycles. The van der Waals surface area contributed by atoms with Gasteiger partial charge in [0.15, 0.2) is 0 Å². The van der Waals surface area contributed by atoms with Gasteiger partial charge in [-0.15, -0.1) is 0 Å². The number of aryl methyl sites for hydroxylation is 3. The zero-order valence-corrected chi connectivity index (χ0v) is 28.8. The highest BCUT2D eigenvalue weighted by molar-refractivity contribution is 6.23. The summed E-state index contributed by atoms with van der Waals surface area (Å²) in [7, 11) is 0. The van der Waals surface area contributed by atoms with E-state index in [4.69, 9.17) is 0 Å². The van der Waals surface area contributed by atoms with Crippen molar-refractivity contribution in [3.05, 3.63) is 156 Å². The van der Waals surface area contributed by atoms with E-state index in [-0.39, 0.29) is 0 Å². The summed E-state index contributed by atoms with van der Waals surface area (Å²) in [5.41, 5.74) is 4.04. The summed E-state index contributed by atoms with van der Waals surface area (Å²) in [6, 6.07) is 49.6. The van der Waals surface area contributed by atoms with E-state index in [2.05, 4.69) is 160 Å². The Hall–Kier alpha value is -4.68. The third-order valence-electron chi connectivity index (χ3n) is 7.63. The lowest BCUT2D eigenvalue weighted by molar-refractivity contribution is 1.50. The third kappa shape index (κ3) is 8.28. The summed E-state index contributed by atoms with van der Waals surface area (Å²) in [5.74, 6) is 0. The van der Waals surface area contributed by atoms with E-state index in [0.717, 1.165) is 0 Å². The van der Waals surface area contributed by atoms with Crippen LogP contribution in [-0.4, -0.2) is 0 Å². The molecule has 0 fully saturated rings. The van der Waals surface area contributed by atoms with Crippen molar-refractivity contribution >= 4 is 53.9 Å². The van der Waals surface area contributed by atoms with Crippen LogP contribution < -0.4 is 0 Å². The van der Waals surface area contributed by atoms with Crippen molar-refractivity contribution in [2.75, 3.05) is 0 Å². The molecule has 0 saturated heterocycles. The van der Waals surface area contributed by atoms with Crippen molar-refractivity contribution in [2.45, 2.75) is 62.3 Å². The van der Waals surface area contributed by atoms with Crippen molar-refractivity contribution in [3.8, 4) is 0 Å². The highest BCUT2D eigenvalue weighted by atomic mass is 14.1. The molecule has 0 radical (unpaired) electrons. The van der Waals surface area contributed by atoms with Gasteiger partial charge in [-0.1, -0.05) is 187 Å². The standard InChI is InChI=1S/C17H12.2C11H10.3C2H6/c1-11-10-14-6-2-4-12-8-9-13-5-3-7-15(11)17(13)16(12)14;1-9-5-4-7-10-6-2-3-8-11(9)10;1-9-6-7-10-4-2-3-5-11(10)8-9;3*1-2/h2-10H,1H3;2*2-8H,1H3;3*1-2H3. The number of hydrogen-bond acceptors (Lipinski definition) is 0. The molecule has 45 heavy (non-hydrogen) atoms. The molecule has 8 aromatic carbocycles. The monoisotopic (exact) mass is 590 g/mol. The van der Waals surface area contributed by atoms with Gasteiger partial charge in [0.2, 0.25) is 0 Å². The van der Waals surface area contributed by atoms with E-state index in [1.54, 1.807) is 0 Å². The van der Waals surface area contributed by atoms with Gasteiger partial charge in [-0.3, -0.25) is 0 Å². The molecule has 0 aliphatic carbocycles. The fourth-order valence-corrected chi connectivity index (χ4v) is 5.64. The molecule has 0 heteroatoms. The topological polar surface area (TPSA) is 0 Å². The smallest absolute Gasteiger partial charge is 0.00241 e. The number of fused-ring (bicyclic) bond motifs is 2. The van der Waals surface area contributed by atoms with Gasteiger partial charge in [0.05, 0.1) is 0 Å². The maximum absolute atomic E-state index is 2.30. The molecule has 8 rings (SSSR count). The van der Waals surface area contributed by atoms with Crippen LogP contribution in [0.4, 0.5) is 0 Å². The highest BCUT2D eigenvalue weighted by Crippen LogP contribution is 2.35. The molecule has 230 valence electrons. The summed E-state index contributed by atoms with van der Waals surface area (Å²) in [4.78, 5) is 0. The first-order valence-electron chi connectivity index (χ1n) is 16.6. The second kappa shape index (κ2) is 17.6. The maximum atomic E-state index is 2.30. The molecule has 0 spiro atoms. The van der Waals surface area contributed by atoms with Crippen molar-refractivity contribution in [2.24, 2.45) is 0 Å². The van der Waals surface area contributed by atoms with Crippen LogP contribution in [0.2, 0.25) is 0 Å². The molecule has 0 aromatic heterocycles. The van der Waals surface area contributed by atoms with Gasteiger partial charge in [-0.2, -0.15) is 0 Å². The van der Waals surface area contributed by atoms with Gasteiger partial charge in [0.25, 0.3) is 0 Å². The van der Waals surface area contributed by atoms with Crippen molar-refractivity contribution in [3.63, 3.8) is 0 Å². The molecule has 0 heterocycles. The summed E-state index contributed by atoms with van der Waals surface area (Å²) in [6.45, 7) is 18.5. The van der Waals surface area contributed by atoms with Gasteiger partial charge < -0.3 is 0 Å². The normalized spacial score (nSPS) is 9.89. The fraction of sp³-hybridized carbons (Fsp3) is 0.200. The fourth-order valence-electron chi connectivity index (χ4n) is 5.64. The molecule has 0 unspecified atom stereocenters. The molecule has 8 aromatic rings. The second-order valence-electron chi connectivity index (χ2n) is 10.4. The third-order valence-corrected chi connectivity index (χ3v) is 7.63. The minimum Gasteiger partial charge on any atom is -0.0683 e. The van der Waals surface area contributed by atoms with Crippen LogP contribution >= 0.6 is 0 Å². The first kappa shape index (κ1) is 34.8. The van der Waals surface area contributed by atoms with Crippen LogP contribution in [0.25, 0.3) is 53.9 Å². The molecule has 0 nitrogen and oxygen atoms in total. The SMILES string of the molecule is CC.CC.CC.Cc1cc2cccc3ccc4cccc1c4c32.Cc1ccc2ccccc2c1.Cc1cccc2ccccc12. The van der Waals surface area contributed by atoms with E-state index in [1.165, 1.54) is 70.6 Å². The van der Waals surface area contributed by atoms with Crippen LogP contribution in [-0.2, 0) is 0 Å². The molecule has 0 N–H and O–H groups in total. The van der Waals surface area contributed by atoms with Crippen LogP contribution in [0.5, 0.6) is 0 Å². The summed E-state index contributed by atoms with van der Waals surface area (Å²) < 4.78 is 0. The van der Waals surface area contributed by atoms with Crippen molar-refractivity contribution in [1.29, 1.82) is 0 Å². The Bertz CT molecular complexity index is 2030. The lowest BCUT2D eigenvalue weighted by atomic mass is 9.92. The van der Waals surface area contributed by atoms with Gasteiger partial charge in [0.1, 0.15) is 0 Å². The van der Waals surface area contributed by atoms with E-state index in [0.29, 0.717) is 0 Å². The molecular weight excluding hydrogens is 540 g/mol. The van der Waals surface area contributed by atoms with Crippen molar-refractivity contribution in [1.82, 2.24) is 0 Å². The van der Waals surface area contributed by atoms with Crippen LogP contribution in [0.1, 0.15) is 58.2 Å². The zero-order chi connectivity index (χ0) is 32.8. The lowest BCUT2D eigenvalue weighted by Gasteiger charge is -2.12. The van der Waals surface area contributed by atoms with Crippen molar-refractivity contribution < 1.29 is 0 Å². The first-order chi connectivity index (χ1) is 22.1. The largest absolute Gasteiger partial charge is 0.0683 e. The quantitative estimate of drug-likeness (QED) is 0.154. The van der Waals surface area contributed by atoms with Crippen LogP contribution in [0.15, 0.2) is 140 Å². The lowest BCUT2D eigenvalue weighted by Crippen LogP contribution is -1.85.